The van der Waals surface area contributed by atoms with Gasteiger partial charge in [0.25, 0.3) is 0 Å². The van der Waals surface area contributed by atoms with Crippen LogP contribution >= 0.6 is 0 Å². The van der Waals surface area contributed by atoms with Crippen molar-refractivity contribution in [2.24, 2.45) is 0 Å². The Hall–Kier alpha value is -1.86. The van der Waals surface area contributed by atoms with Gasteiger partial charge in [0.2, 0.25) is 10.0 Å². The second-order valence-electron chi connectivity index (χ2n) is 7.83. The normalized spacial score (nSPS) is 15.5. The number of rotatable bonds is 7. The summed E-state index contributed by atoms with van der Waals surface area (Å²) in [6.07, 6.45) is 6.08. The van der Waals surface area contributed by atoms with E-state index in [0.29, 0.717) is 12.1 Å². The highest BCUT2D eigenvalue weighted by Crippen LogP contribution is 2.38. The molecule has 1 aromatic rings. The molecule has 2 amide bonds. The number of carbonyl (C=O) groups excluding carboxylic acids is 1. The third-order valence-corrected chi connectivity index (χ3v) is 6.40. The molecule has 0 saturated heterocycles. The molecule has 0 aliphatic heterocycles. The second kappa shape index (κ2) is 8.02. The van der Waals surface area contributed by atoms with Crippen LogP contribution in [0.5, 0.6) is 0 Å². The van der Waals surface area contributed by atoms with E-state index in [0.717, 1.165) is 44.2 Å². The van der Waals surface area contributed by atoms with Crippen molar-refractivity contribution in [1.82, 2.24) is 10.0 Å². The van der Waals surface area contributed by atoms with E-state index in [4.69, 9.17) is 0 Å². The topological polar surface area (TPSA) is 87.3 Å². The van der Waals surface area contributed by atoms with Gasteiger partial charge in [-0.15, -0.1) is 0 Å². The maximum Gasteiger partial charge on any atom is 0.332 e. The highest BCUT2D eigenvalue weighted by atomic mass is 32.2. The van der Waals surface area contributed by atoms with Gasteiger partial charge in [-0.2, -0.15) is 0 Å². The Morgan fingerprint density at radius 2 is 1.70 bits per heavy atom. The van der Waals surface area contributed by atoms with Crippen molar-refractivity contribution in [2.75, 3.05) is 17.6 Å². The Morgan fingerprint density at radius 1 is 1.11 bits per heavy atom. The van der Waals surface area contributed by atoms with Crippen molar-refractivity contribution in [3.8, 4) is 0 Å². The standard InChI is InChI=1S/C20H29N3O3S/c1-13(2)21-11-14(3)12-27(25,26)23-20(24)22-19-17-8-4-6-15(17)10-16-7-5-9-18(16)19/h10,13,21H,3-9,11-12H2,1-2H3,(H2,22,23,24). The van der Waals surface area contributed by atoms with E-state index in [9.17, 15) is 13.2 Å². The lowest BCUT2D eigenvalue weighted by Gasteiger charge is -2.17. The number of hydrogen-bond donors (Lipinski definition) is 3. The maximum absolute atomic E-state index is 12.4. The molecular formula is C20H29N3O3S. The number of sulfonamides is 1. The lowest BCUT2D eigenvalue weighted by Crippen LogP contribution is -2.38. The summed E-state index contributed by atoms with van der Waals surface area (Å²) in [5.41, 5.74) is 6.29. The SMILES string of the molecule is C=C(CNC(C)C)CS(=O)(=O)NC(=O)Nc1c2c(cc3c1CCC3)CCC2. The summed E-state index contributed by atoms with van der Waals surface area (Å²) in [5.74, 6) is -0.273. The zero-order valence-electron chi connectivity index (χ0n) is 16.2. The molecule has 2 aliphatic carbocycles. The first-order valence-electron chi connectivity index (χ1n) is 9.63. The average Bonchev–Trinajstić information content (AvgIpc) is 3.20. The predicted molar refractivity (Wildman–Crippen MR) is 109 cm³/mol. The molecule has 0 atom stereocenters. The van der Waals surface area contributed by atoms with Crippen LogP contribution in [0.2, 0.25) is 0 Å². The Labute approximate surface area is 161 Å². The molecule has 6 nitrogen and oxygen atoms in total. The highest BCUT2D eigenvalue weighted by molar-refractivity contribution is 7.90. The number of carbonyl (C=O) groups is 1. The molecule has 0 spiro atoms. The largest absolute Gasteiger partial charge is 0.332 e. The monoisotopic (exact) mass is 391 g/mol. The minimum absolute atomic E-state index is 0.239. The van der Waals surface area contributed by atoms with E-state index in [1.165, 1.54) is 22.3 Å². The van der Waals surface area contributed by atoms with Crippen LogP contribution in [0, 0.1) is 0 Å². The molecule has 148 valence electrons. The van der Waals surface area contributed by atoms with Crippen LogP contribution in [0.3, 0.4) is 0 Å². The molecule has 0 unspecified atom stereocenters. The van der Waals surface area contributed by atoms with Gasteiger partial charge < -0.3 is 10.6 Å². The lowest BCUT2D eigenvalue weighted by molar-refractivity contribution is 0.256. The Bertz CT molecular complexity index is 827. The van der Waals surface area contributed by atoms with Gasteiger partial charge in [0, 0.05) is 18.3 Å². The summed E-state index contributed by atoms with van der Waals surface area (Å²) in [7, 11) is -3.78. The summed E-state index contributed by atoms with van der Waals surface area (Å²) >= 11 is 0. The fourth-order valence-electron chi connectivity index (χ4n) is 3.95. The number of hydrogen-bond acceptors (Lipinski definition) is 4. The first kappa shape index (κ1) is 19.9. The van der Waals surface area contributed by atoms with Gasteiger partial charge in [0.1, 0.15) is 0 Å². The third kappa shape index (κ3) is 4.90. The molecule has 27 heavy (non-hydrogen) atoms. The number of nitrogens with one attached hydrogen (secondary N) is 3. The van der Waals surface area contributed by atoms with Crippen LogP contribution in [0.1, 0.15) is 48.9 Å². The summed E-state index contributed by atoms with van der Waals surface area (Å²) in [4.78, 5) is 12.4. The number of fused-ring (bicyclic) bond motifs is 2. The van der Waals surface area contributed by atoms with E-state index in [1.807, 2.05) is 13.8 Å². The van der Waals surface area contributed by atoms with E-state index < -0.39 is 16.1 Å². The highest BCUT2D eigenvalue weighted by Gasteiger charge is 2.26. The molecule has 0 saturated carbocycles. The summed E-state index contributed by atoms with van der Waals surface area (Å²) in [5, 5.41) is 5.97. The molecule has 0 fully saturated rings. The number of anilines is 1. The number of benzene rings is 1. The average molecular weight is 392 g/mol. The van der Waals surface area contributed by atoms with Gasteiger partial charge in [-0.3, -0.25) is 0 Å². The van der Waals surface area contributed by atoms with E-state index in [2.05, 4.69) is 28.0 Å². The summed E-state index contributed by atoms with van der Waals surface area (Å²) in [6, 6.07) is 1.83. The van der Waals surface area contributed by atoms with E-state index in [-0.39, 0.29) is 11.8 Å². The van der Waals surface area contributed by atoms with Gasteiger partial charge in [-0.05, 0) is 66.4 Å². The minimum Gasteiger partial charge on any atom is -0.311 e. The van der Waals surface area contributed by atoms with Gasteiger partial charge in [-0.1, -0.05) is 26.5 Å². The third-order valence-electron chi connectivity index (χ3n) is 5.11. The molecule has 3 rings (SSSR count). The molecule has 2 aliphatic rings. The first-order chi connectivity index (χ1) is 12.7. The number of aryl methyl sites for hydroxylation is 2. The van der Waals surface area contributed by atoms with Gasteiger partial charge in [0.15, 0.2) is 0 Å². The van der Waals surface area contributed by atoms with E-state index >= 15 is 0 Å². The minimum atomic E-state index is -3.78. The van der Waals surface area contributed by atoms with Crippen molar-refractivity contribution in [2.45, 2.75) is 58.4 Å². The molecular weight excluding hydrogens is 362 g/mol. The first-order valence-corrected chi connectivity index (χ1v) is 11.3. The number of amides is 2. The molecule has 1 aromatic carbocycles. The predicted octanol–water partition coefficient (Wildman–Crippen LogP) is 2.67. The van der Waals surface area contributed by atoms with Crippen molar-refractivity contribution in [1.29, 1.82) is 0 Å². The quantitative estimate of drug-likeness (QED) is 0.624. The van der Waals surface area contributed by atoms with Crippen molar-refractivity contribution < 1.29 is 13.2 Å². The summed E-state index contributed by atoms with van der Waals surface area (Å²) in [6.45, 7) is 8.14. The van der Waals surface area contributed by atoms with Gasteiger partial charge in [0.05, 0.1) is 5.75 Å². The van der Waals surface area contributed by atoms with Crippen LogP contribution in [0.25, 0.3) is 0 Å². The van der Waals surface area contributed by atoms with Crippen molar-refractivity contribution >= 4 is 21.7 Å². The molecule has 3 N–H and O–H groups in total. The summed E-state index contributed by atoms with van der Waals surface area (Å²) < 4.78 is 26.7. The zero-order chi connectivity index (χ0) is 19.6. The van der Waals surface area contributed by atoms with Crippen LogP contribution in [-0.4, -0.2) is 32.8 Å². The smallest absolute Gasteiger partial charge is 0.311 e. The fraction of sp³-hybridized carbons (Fsp3) is 0.550. The van der Waals surface area contributed by atoms with Crippen LogP contribution in [0.4, 0.5) is 10.5 Å². The molecule has 0 aromatic heterocycles. The Kier molecular flexibility index (Phi) is 5.91. The van der Waals surface area contributed by atoms with Crippen LogP contribution in [0.15, 0.2) is 18.2 Å². The maximum atomic E-state index is 12.4. The van der Waals surface area contributed by atoms with Crippen molar-refractivity contribution in [3.63, 3.8) is 0 Å². The molecule has 7 heteroatoms. The Morgan fingerprint density at radius 3 is 2.26 bits per heavy atom. The van der Waals surface area contributed by atoms with Gasteiger partial charge >= 0.3 is 6.03 Å². The number of urea groups is 1. The van der Waals surface area contributed by atoms with Crippen LogP contribution in [-0.2, 0) is 35.7 Å². The molecule has 0 bridgehead atoms. The lowest BCUT2D eigenvalue weighted by atomic mass is 9.99. The second-order valence-corrected chi connectivity index (χ2v) is 9.56. The van der Waals surface area contributed by atoms with Crippen molar-refractivity contribution in [3.05, 3.63) is 40.5 Å². The van der Waals surface area contributed by atoms with Gasteiger partial charge in [-0.25, -0.2) is 17.9 Å². The molecule has 0 radical (unpaired) electrons. The zero-order valence-corrected chi connectivity index (χ0v) is 17.0. The van der Waals surface area contributed by atoms with Crippen LogP contribution < -0.4 is 15.4 Å². The molecule has 0 heterocycles. The fourth-order valence-corrected chi connectivity index (χ4v) is 5.00. The Balaban J connectivity index is 1.67. The van der Waals surface area contributed by atoms with E-state index in [1.54, 1.807) is 0 Å².